The van der Waals surface area contributed by atoms with Gasteiger partial charge in [-0.1, -0.05) is 23.7 Å². The number of hydrogen-bond donors (Lipinski definition) is 1. The van der Waals surface area contributed by atoms with Crippen LogP contribution in [0.15, 0.2) is 46.9 Å². The highest BCUT2D eigenvalue weighted by Gasteiger charge is 2.40. The summed E-state index contributed by atoms with van der Waals surface area (Å²) < 4.78 is 0. The fourth-order valence-corrected chi connectivity index (χ4v) is 3.74. The molecule has 6 heteroatoms. The van der Waals surface area contributed by atoms with Gasteiger partial charge in [-0.3, -0.25) is 9.80 Å². The molecule has 5 nitrogen and oxygen atoms in total. The number of carbonyl (C=O) groups excluding carboxylic acids is 1. The maximum absolute atomic E-state index is 12.7. The van der Waals surface area contributed by atoms with Crippen molar-refractivity contribution in [1.82, 2.24) is 10.0 Å². The topological polar surface area (TPSA) is 73.4 Å². The quantitative estimate of drug-likeness (QED) is 0.894. The van der Waals surface area contributed by atoms with Crippen LogP contribution >= 0.6 is 11.6 Å². The highest BCUT2D eigenvalue weighted by molar-refractivity contribution is 6.30. The van der Waals surface area contributed by atoms with Gasteiger partial charge in [0.2, 0.25) is 0 Å². The Balaban J connectivity index is 2.27. The molecule has 0 saturated carbocycles. The number of allylic oxidation sites excluding steroid dienone is 3. The van der Waals surface area contributed by atoms with Crippen LogP contribution in [0.1, 0.15) is 30.7 Å². The zero-order valence-corrected chi connectivity index (χ0v) is 14.5. The highest BCUT2D eigenvalue weighted by atomic mass is 35.5. The van der Waals surface area contributed by atoms with Crippen molar-refractivity contribution in [1.29, 1.82) is 5.26 Å². The van der Waals surface area contributed by atoms with Gasteiger partial charge >= 0.3 is 0 Å². The van der Waals surface area contributed by atoms with Crippen molar-refractivity contribution < 1.29 is 4.79 Å². The monoisotopic (exact) mass is 342 g/mol. The molecule has 0 amide bonds. The lowest BCUT2D eigenvalue weighted by Gasteiger charge is -2.42. The summed E-state index contributed by atoms with van der Waals surface area (Å²) in [7, 11) is 3.70. The number of nitriles is 1. The number of Topliss-reactive ketones (excluding diaryl/α,β-unsaturated/α-hetero) is 1. The fraction of sp³-hybridized carbons (Fsp3) is 0.333. The van der Waals surface area contributed by atoms with Crippen LogP contribution in [-0.4, -0.2) is 29.9 Å². The first-order valence-electron chi connectivity index (χ1n) is 7.84. The average Bonchev–Trinajstić information content (AvgIpc) is 2.53. The second kappa shape index (κ2) is 6.31. The molecule has 0 spiro atoms. The first-order chi connectivity index (χ1) is 11.5. The van der Waals surface area contributed by atoms with Crippen molar-refractivity contribution in [2.24, 2.45) is 5.73 Å². The van der Waals surface area contributed by atoms with Gasteiger partial charge in [-0.15, -0.1) is 0 Å². The number of hydrogen-bond acceptors (Lipinski definition) is 5. The minimum absolute atomic E-state index is 0.0772. The lowest BCUT2D eigenvalue weighted by molar-refractivity contribution is -0.116. The number of halogens is 1. The number of nitrogens with zero attached hydrogens (tertiary/aromatic N) is 3. The standard InChI is InChI=1S/C18H19ClN4O/c1-22(2)23-14-7-4-8-15(24)17(14)16(13(10-20)18(23)21)11-5-3-6-12(19)9-11/h3,5-6,9,16H,4,7-8,21H2,1-2H3/t16-/m1/s1. The molecule has 2 N–H and O–H groups in total. The maximum atomic E-state index is 12.7. The summed E-state index contributed by atoms with van der Waals surface area (Å²) in [6, 6.07) is 9.51. The molecule has 1 aliphatic carbocycles. The van der Waals surface area contributed by atoms with E-state index in [1.165, 1.54) is 0 Å². The molecule has 0 saturated heterocycles. The van der Waals surface area contributed by atoms with Crippen LogP contribution in [0, 0.1) is 11.3 Å². The molecule has 1 aliphatic heterocycles. The number of ketones is 1. The van der Waals surface area contributed by atoms with Crippen molar-refractivity contribution in [3.8, 4) is 6.07 Å². The Hall–Kier alpha value is -2.29. The van der Waals surface area contributed by atoms with Gasteiger partial charge < -0.3 is 5.73 Å². The van der Waals surface area contributed by atoms with E-state index in [9.17, 15) is 10.1 Å². The third-order valence-electron chi connectivity index (χ3n) is 4.47. The Morgan fingerprint density at radius 1 is 1.38 bits per heavy atom. The summed E-state index contributed by atoms with van der Waals surface area (Å²) >= 11 is 6.13. The summed E-state index contributed by atoms with van der Waals surface area (Å²) in [6.45, 7) is 0. The number of carbonyl (C=O) groups is 1. The number of nitrogens with two attached hydrogens (primary N) is 1. The second-order valence-electron chi connectivity index (χ2n) is 6.19. The van der Waals surface area contributed by atoms with Crippen molar-refractivity contribution in [3.63, 3.8) is 0 Å². The number of rotatable bonds is 2. The molecule has 1 heterocycles. The summed E-state index contributed by atoms with van der Waals surface area (Å²) in [6.07, 6.45) is 2.05. The Labute approximate surface area is 146 Å². The second-order valence-corrected chi connectivity index (χ2v) is 6.63. The molecule has 0 radical (unpaired) electrons. The molecular formula is C18H19ClN4O. The first kappa shape index (κ1) is 16.6. The third-order valence-corrected chi connectivity index (χ3v) is 4.70. The summed E-state index contributed by atoms with van der Waals surface area (Å²) in [5.41, 5.74) is 9.08. The smallest absolute Gasteiger partial charge is 0.161 e. The lowest BCUT2D eigenvalue weighted by atomic mass is 9.76. The van der Waals surface area contributed by atoms with E-state index in [0.717, 1.165) is 24.1 Å². The van der Waals surface area contributed by atoms with Crippen LogP contribution in [0.3, 0.4) is 0 Å². The molecule has 1 atom stereocenters. The first-order valence-corrected chi connectivity index (χ1v) is 8.22. The summed E-state index contributed by atoms with van der Waals surface area (Å²) in [4.78, 5) is 12.7. The van der Waals surface area contributed by atoms with E-state index in [-0.39, 0.29) is 5.78 Å². The van der Waals surface area contributed by atoms with E-state index < -0.39 is 5.92 Å². The van der Waals surface area contributed by atoms with Crippen LogP contribution < -0.4 is 5.73 Å². The van der Waals surface area contributed by atoms with Crippen LogP contribution in [0.5, 0.6) is 0 Å². The Kier molecular flexibility index (Phi) is 4.35. The molecular weight excluding hydrogens is 324 g/mol. The molecule has 24 heavy (non-hydrogen) atoms. The average molecular weight is 343 g/mol. The molecule has 0 unspecified atom stereocenters. The van der Waals surface area contributed by atoms with Gasteiger partial charge in [0.15, 0.2) is 5.78 Å². The van der Waals surface area contributed by atoms with Crippen LogP contribution in [0.4, 0.5) is 0 Å². The molecule has 1 aromatic carbocycles. The van der Waals surface area contributed by atoms with Crippen LogP contribution in [0.25, 0.3) is 0 Å². The van der Waals surface area contributed by atoms with Crippen molar-refractivity contribution >= 4 is 17.4 Å². The van der Waals surface area contributed by atoms with Crippen LogP contribution in [0.2, 0.25) is 5.02 Å². The Bertz CT molecular complexity index is 803. The van der Waals surface area contributed by atoms with Crippen molar-refractivity contribution in [3.05, 3.63) is 57.5 Å². The van der Waals surface area contributed by atoms with Gasteiger partial charge in [-0.25, -0.2) is 5.01 Å². The van der Waals surface area contributed by atoms with Gasteiger partial charge in [-0.05, 0) is 30.5 Å². The molecule has 0 fully saturated rings. The van der Waals surface area contributed by atoms with Gasteiger partial charge in [0.25, 0.3) is 0 Å². The van der Waals surface area contributed by atoms with E-state index in [0.29, 0.717) is 28.4 Å². The zero-order valence-electron chi connectivity index (χ0n) is 13.7. The lowest BCUT2D eigenvalue weighted by Crippen LogP contribution is -2.45. The molecule has 124 valence electrons. The predicted octanol–water partition coefficient (Wildman–Crippen LogP) is 2.92. The fourth-order valence-electron chi connectivity index (χ4n) is 3.54. The maximum Gasteiger partial charge on any atom is 0.161 e. The molecule has 2 aliphatic rings. The minimum Gasteiger partial charge on any atom is -0.383 e. The summed E-state index contributed by atoms with van der Waals surface area (Å²) in [5.74, 6) is 0.00181. The van der Waals surface area contributed by atoms with E-state index in [4.69, 9.17) is 17.3 Å². The van der Waals surface area contributed by atoms with Gasteiger partial charge in [0.1, 0.15) is 5.82 Å². The van der Waals surface area contributed by atoms with E-state index in [2.05, 4.69) is 6.07 Å². The zero-order chi connectivity index (χ0) is 17.4. The van der Waals surface area contributed by atoms with E-state index in [1.807, 2.05) is 31.2 Å². The van der Waals surface area contributed by atoms with Gasteiger partial charge in [0.05, 0.1) is 17.6 Å². The molecule has 0 aromatic heterocycles. The SMILES string of the molecule is CN(C)N1C(N)=C(C#N)[C@@H](c2cccc(Cl)c2)C2=C1CCCC2=O. The Morgan fingerprint density at radius 2 is 2.12 bits per heavy atom. The Morgan fingerprint density at radius 3 is 2.75 bits per heavy atom. The number of hydrazine groups is 1. The number of benzene rings is 1. The molecule has 3 rings (SSSR count). The van der Waals surface area contributed by atoms with Gasteiger partial charge in [0, 0.05) is 36.8 Å². The predicted molar refractivity (Wildman–Crippen MR) is 92.4 cm³/mol. The molecule has 1 aromatic rings. The summed E-state index contributed by atoms with van der Waals surface area (Å²) in [5, 5.41) is 13.9. The minimum atomic E-state index is -0.451. The highest BCUT2D eigenvalue weighted by Crippen LogP contribution is 2.45. The van der Waals surface area contributed by atoms with E-state index >= 15 is 0 Å². The van der Waals surface area contributed by atoms with Gasteiger partial charge in [-0.2, -0.15) is 5.26 Å². The van der Waals surface area contributed by atoms with Crippen LogP contribution in [-0.2, 0) is 4.79 Å². The van der Waals surface area contributed by atoms with E-state index in [1.54, 1.807) is 17.1 Å². The van der Waals surface area contributed by atoms with Crippen molar-refractivity contribution in [2.45, 2.75) is 25.2 Å². The largest absolute Gasteiger partial charge is 0.383 e. The van der Waals surface area contributed by atoms with Crippen molar-refractivity contribution in [2.75, 3.05) is 14.1 Å². The molecule has 0 bridgehead atoms. The third kappa shape index (κ3) is 2.58. The normalized spacial score (nSPS) is 21.2.